The Balaban J connectivity index is 1.96. The van der Waals surface area contributed by atoms with Gasteiger partial charge in [-0.1, -0.05) is 0 Å². The molecule has 1 aromatic rings. The van der Waals surface area contributed by atoms with Crippen molar-refractivity contribution in [2.24, 2.45) is 0 Å². The fourth-order valence-electron chi connectivity index (χ4n) is 2.10. The minimum Gasteiger partial charge on any atom is -0.378 e. The topological polar surface area (TPSA) is 38.3 Å². The second-order valence-electron chi connectivity index (χ2n) is 4.59. The number of benzene rings is 1. The van der Waals surface area contributed by atoms with Crippen molar-refractivity contribution < 1.29 is 13.9 Å². The van der Waals surface area contributed by atoms with Gasteiger partial charge in [-0.05, 0) is 53.4 Å². The standard InChI is InChI=1S/C13H15BrFNO2/c1-18-13(5-2-6-13)8-12(17)16-9-3-4-10(14)11(15)7-9/h3-4,7H,2,5-6,8H2,1H3,(H,16,17). The number of hydrogen-bond acceptors (Lipinski definition) is 2. The molecule has 1 N–H and O–H groups in total. The fraction of sp³-hybridized carbons (Fsp3) is 0.462. The van der Waals surface area contributed by atoms with E-state index >= 15 is 0 Å². The Bertz CT molecular complexity index is 455. The molecule has 1 amide bonds. The summed E-state index contributed by atoms with van der Waals surface area (Å²) in [6.45, 7) is 0. The number of carbonyl (C=O) groups is 1. The molecule has 1 aromatic carbocycles. The average Bonchev–Trinajstić information content (AvgIpc) is 2.29. The molecule has 1 saturated carbocycles. The minimum absolute atomic E-state index is 0.140. The van der Waals surface area contributed by atoms with Crippen molar-refractivity contribution in [1.29, 1.82) is 0 Å². The predicted octanol–water partition coefficient (Wildman–Crippen LogP) is 3.49. The summed E-state index contributed by atoms with van der Waals surface area (Å²) < 4.78 is 19.1. The highest BCUT2D eigenvalue weighted by Gasteiger charge is 2.38. The Morgan fingerprint density at radius 1 is 1.56 bits per heavy atom. The number of hydrogen-bond donors (Lipinski definition) is 1. The third-order valence-corrected chi connectivity index (χ3v) is 4.03. The van der Waals surface area contributed by atoms with Crippen molar-refractivity contribution in [3.8, 4) is 0 Å². The van der Waals surface area contributed by atoms with Gasteiger partial charge in [0, 0.05) is 12.8 Å². The highest BCUT2D eigenvalue weighted by molar-refractivity contribution is 9.10. The Morgan fingerprint density at radius 2 is 2.28 bits per heavy atom. The van der Waals surface area contributed by atoms with Gasteiger partial charge in [-0.3, -0.25) is 4.79 Å². The SMILES string of the molecule is COC1(CC(=O)Nc2ccc(Br)c(F)c2)CCC1. The Morgan fingerprint density at radius 3 is 2.78 bits per heavy atom. The van der Waals surface area contributed by atoms with Crippen molar-refractivity contribution in [3.63, 3.8) is 0 Å². The van der Waals surface area contributed by atoms with Crippen molar-refractivity contribution in [2.75, 3.05) is 12.4 Å². The van der Waals surface area contributed by atoms with Crippen LogP contribution in [-0.4, -0.2) is 18.6 Å². The van der Waals surface area contributed by atoms with E-state index in [9.17, 15) is 9.18 Å². The maximum Gasteiger partial charge on any atom is 0.227 e. The largest absolute Gasteiger partial charge is 0.378 e. The zero-order valence-corrected chi connectivity index (χ0v) is 11.7. The van der Waals surface area contributed by atoms with Crippen LogP contribution in [0, 0.1) is 5.82 Å². The van der Waals surface area contributed by atoms with Crippen molar-refractivity contribution in [3.05, 3.63) is 28.5 Å². The van der Waals surface area contributed by atoms with E-state index in [0.29, 0.717) is 16.6 Å². The first-order chi connectivity index (χ1) is 8.54. The van der Waals surface area contributed by atoms with Crippen LogP contribution < -0.4 is 5.32 Å². The number of rotatable bonds is 4. The third kappa shape index (κ3) is 2.90. The van der Waals surface area contributed by atoms with Crippen molar-refractivity contribution in [2.45, 2.75) is 31.3 Å². The molecule has 18 heavy (non-hydrogen) atoms. The molecule has 0 bridgehead atoms. The van der Waals surface area contributed by atoms with Gasteiger partial charge < -0.3 is 10.1 Å². The molecule has 3 nitrogen and oxygen atoms in total. The summed E-state index contributed by atoms with van der Waals surface area (Å²) in [4.78, 5) is 11.9. The molecule has 0 atom stereocenters. The molecule has 5 heteroatoms. The first-order valence-corrected chi connectivity index (χ1v) is 6.64. The van der Waals surface area contributed by atoms with Gasteiger partial charge in [0.15, 0.2) is 0 Å². The Kier molecular flexibility index (Phi) is 4.02. The molecule has 0 spiro atoms. The van der Waals surface area contributed by atoms with E-state index in [1.165, 1.54) is 6.07 Å². The number of amides is 1. The van der Waals surface area contributed by atoms with E-state index in [1.807, 2.05) is 0 Å². The third-order valence-electron chi connectivity index (χ3n) is 3.38. The van der Waals surface area contributed by atoms with E-state index < -0.39 is 5.82 Å². The van der Waals surface area contributed by atoms with Crippen LogP contribution in [0.1, 0.15) is 25.7 Å². The lowest BCUT2D eigenvalue weighted by Gasteiger charge is -2.39. The maximum atomic E-state index is 13.3. The summed E-state index contributed by atoms with van der Waals surface area (Å²) in [7, 11) is 1.63. The van der Waals surface area contributed by atoms with E-state index in [2.05, 4.69) is 21.2 Å². The molecule has 0 unspecified atom stereocenters. The summed E-state index contributed by atoms with van der Waals surface area (Å²) in [6, 6.07) is 4.52. The lowest BCUT2D eigenvalue weighted by atomic mass is 9.77. The van der Waals surface area contributed by atoms with Gasteiger partial charge in [-0.2, -0.15) is 0 Å². The van der Waals surface area contributed by atoms with Gasteiger partial charge in [0.05, 0.1) is 16.5 Å². The smallest absolute Gasteiger partial charge is 0.227 e. The summed E-state index contributed by atoms with van der Waals surface area (Å²) in [5, 5.41) is 2.69. The molecule has 0 aliphatic heterocycles. The van der Waals surface area contributed by atoms with Gasteiger partial charge in [0.1, 0.15) is 5.82 Å². The van der Waals surface area contributed by atoms with E-state index in [1.54, 1.807) is 19.2 Å². The summed E-state index contributed by atoms with van der Waals surface area (Å²) in [6.07, 6.45) is 3.23. The second-order valence-corrected chi connectivity index (χ2v) is 5.45. The molecule has 1 fully saturated rings. The highest BCUT2D eigenvalue weighted by Crippen LogP contribution is 2.38. The molecule has 0 radical (unpaired) electrons. The van der Waals surface area contributed by atoms with Crippen molar-refractivity contribution in [1.82, 2.24) is 0 Å². The fourth-order valence-corrected chi connectivity index (χ4v) is 2.34. The zero-order valence-electron chi connectivity index (χ0n) is 10.1. The van der Waals surface area contributed by atoms with Gasteiger partial charge >= 0.3 is 0 Å². The molecule has 0 aromatic heterocycles. The lowest BCUT2D eigenvalue weighted by molar-refractivity contribution is -0.129. The number of halogens is 2. The van der Waals surface area contributed by atoms with Gasteiger partial charge in [0.2, 0.25) is 5.91 Å². The number of carbonyl (C=O) groups excluding carboxylic acids is 1. The van der Waals surface area contributed by atoms with Crippen LogP contribution in [0.25, 0.3) is 0 Å². The number of nitrogens with one attached hydrogen (secondary N) is 1. The summed E-state index contributed by atoms with van der Waals surface area (Å²) in [5.41, 5.74) is 0.157. The monoisotopic (exact) mass is 315 g/mol. The van der Waals surface area contributed by atoms with Crippen LogP contribution in [0.4, 0.5) is 10.1 Å². The van der Waals surface area contributed by atoms with Gasteiger partial charge in [-0.25, -0.2) is 4.39 Å². The quantitative estimate of drug-likeness (QED) is 0.923. The molecule has 0 saturated heterocycles. The van der Waals surface area contributed by atoms with E-state index in [4.69, 9.17) is 4.74 Å². The van der Waals surface area contributed by atoms with E-state index in [-0.39, 0.29) is 11.5 Å². The van der Waals surface area contributed by atoms with E-state index in [0.717, 1.165) is 19.3 Å². The lowest BCUT2D eigenvalue weighted by Crippen LogP contribution is -2.42. The molecule has 98 valence electrons. The maximum absolute atomic E-state index is 13.3. The van der Waals surface area contributed by atoms with Crippen LogP contribution in [0.5, 0.6) is 0 Å². The highest BCUT2D eigenvalue weighted by atomic mass is 79.9. The Labute approximate surface area is 114 Å². The molecular formula is C13H15BrFNO2. The Hall–Kier alpha value is -0.940. The first kappa shape index (κ1) is 13.5. The van der Waals surface area contributed by atoms with Crippen molar-refractivity contribution >= 4 is 27.5 Å². The molecule has 0 heterocycles. The van der Waals surface area contributed by atoms with Crippen LogP contribution >= 0.6 is 15.9 Å². The van der Waals surface area contributed by atoms with Crippen LogP contribution in [-0.2, 0) is 9.53 Å². The van der Waals surface area contributed by atoms with Crippen LogP contribution in [0.3, 0.4) is 0 Å². The minimum atomic E-state index is -0.391. The first-order valence-electron chi connectivity index (χ1n) is 5.85. The average molecular weight is 316 g/mol. The van der Waals surface area contributed by atoms with Crippen LogP contribution in [0.15, 0.2) is 22.7 Å². The predicted molar refractivity (Wildman–Crippen MR) is 70.9 cm³/mol. The van der Waals surface area contributed by atoms with Gasteiger partial charge in [0.25, 0.3) is 0 Å². The normalized spacial score (nSPS) is 17.1. The number of methoxy groups -OCH3 is 1. The molecule has 1 aliphatic carbocycles. The molecular weight excluding hydrogens is 301 g/mol. The summed E-state index contributed by atoms with van der Waals surface area (Å²) >= 11 is 3.07. The van der Waals surface area contributed by atoms with Crippen LogP contribution in [0.2, 0.25) is 0 Å². The summed E-state index contributed by atoms with van der Waals surface area (Å²) in [5.74, 6) is -0.531. The second kappa shape index (κ2) is 5.36. The zero-order chi connectivity index (χ0) is 13.2. The molecule has 1 aliphatic rings. The number of anilines is 1. The number of ether oxygens (including phenoxy) is 1. The van der Waals surface area contributed by atoms with Gasteiger partial charge in [-0.15, -0.1) is 0 Å². The molecule has 2 rings (SSSR count).